The monoisotopic (exact) mass is 333 g/mol. The highest BCUT2D eigenvalue weighted by Gasteiger charge is 2.34. The molecule has 0 radical (unpaired) electrons. The zero-order valence-corrected chi connectivity index (χ0v) is 15.1. The van der Waals surface area contributed by atoms with E-state index in [1.807, 2.05) is 39.8 Å². The van der Waals surface area contributed by atoms with Gasteiger partial charge >= 0.3 is 13.1 Å². The molecule has 0 amide bonds. The molecule has 6 heteroatoms. The fourth-order valence-corrected chi connectivity index (χ4v) is 2.91. The van der Waals surface area contributed by atoms with Crippen molar-refractivity contribution < 1.29 is 18.8 Å². The molecule has 0 aliphatic carbocycles. The summed E-state index contributed by atoms with van der Waals surface area (Å²) in [6, 6.07) is 6.11. The molecule has 1 heterocycles. The first kappa shape index (κ1) is 19.0. The Balaban J connectivity index is 2.07. The van der Waals surface area contributed by atoms with Crippen LogP contribution in [0.2, 0.25) is 0 Å². The maximum absolute atomic E-state index is 12.0. The SMILES string of the molecule is Cc1cccc(CCN)c1B1OCCC(CC(=O)OC(C)(C)C)O1. The van der Waals surface area contributed by atoms with Gasteiger partial charge in [0.15, 0.2) is 0 Å². The van der Waals surface area contributed by atoms with Gasteiger partial charge in [-0.3, -0.25) is 4.79 Å². The molecule has 132 valence electrons. The van der Waals surface area contributed by atoms with Crippen LogP contribution in [0, 0.1) is 6.92 Å². The van der Waals surface area contributed by atoms with Crippen LogP contribution < -0.4 is 11.2 Å². The summed E-state index contributed by atoms with van der Waals surface area (Å²) in [4.78, 5) is 12.0. The van der Waals surface area contributed by atoms with E-state index in [2.05, 4.69) is 6.07 Å². The van der Waals surface area contributed by atoms with Gasteiger partial charge in [-0.1, -0.05) is 23.8 Å². The van der Waals surface area contributed by atoms with Crippen LogP contribution in [0.3, 0.4) is 0 Å². The lowest BCUT2D eigenvalue weighted by molar-refractivity contribution is -0.157. The maximum atomic E-state index is 12.0. The molecule has 1 aliphatic heterocycles. The number of ether oxygens (including phenoxy) is 1. The molecular formula is C18H28BNO4. The fourth-order valence-electron chi connectivity index (χ4n) is 2.91. The zero-order chi connectivity index (χ0) is 17.7. The molecule has 1 saturated heterocycles. The first-order chi connectivity index (χ1) is 11.3. The Kier molecular flexibility index (Phi) is 6.44. The number of esters is 1. The summed E-state index contributed by atoms with van der Waals surface area (Å²) >= 11 is 0. The van der Waals surface area contributed by atoms with Gasteiger partial charge in [0, 0.05) is 6.61 Å². The second kappa shape index (κ2) is 8.14. The van der Waals surface area contributed by atoms with E-state index in [0.29, 0.717) is 19.6 Å². The van der Waals surface area contributed by atoms with Crippen LogP contribution >= 0.6 is 0 Å². The molecule has 5 nitrogen and oxygen atoms in total. The normalized spacial score (nSPS) is 18.5. The van der Waals surface area contributed by atoms with Crippen molar-refractivity contribution in [3.05, 3.63) is 29.3 Å². The van der Waals surface area contributed by atoms with Crippen LogP contribution in [-0.4, -0.2) is 37.9 Å². The van der Waals surface area contributed by atoms with Gasteiger partial charge in [0.2, 0.25) is 0 Å². The summed E-state index contributed by atoms with van der Waals surface area (Å²) in [7, 11) is -0.450. The summed E-state index contributed by atoms with van der Waals surface area (Å²) in [6.07, 6.45) is 1.52. The van der Waals surface area contributed by atoms with E-state index in [4.69, 9.17) is 19.8 Å². The Morgan fingerprint density at radius 3 is 2.83 bits per heavy atom. The lowest BCUT2D eigenvalue weighted by atomic mass is 9.71. The number of carbonyl (C=O) groups excluding carboxylic acids is 1. The number of hydrogen-bond acceptors (Lipinski definition) is 5. The van der Waals surface area contributed by atoms with E-state index in [-0.39, 0.29) is 18.5 Å². The van der Waals surface area contributed by atoms with Crippen LogP contribution in [0.4, 0.5) is 0 Å². The summed E-state index contributed by atoms with van der Waals surface area (Å²) in [5.41, 5.74) is 8.53. The largest absolute Gasteiger partial charge is 0.494 e. The maximum Gasteiger partial charge on any atom is 0.494 e. The van der Waals surface area contributed by atoms with Crippen molar-refractivity contribution in [2.24, 2.45) is 5.73 Å². The lowest BCUT2D eigenvalue weighted by Gasteiger charge is -2.30. The molecule has 0 saturated carbocycles. The summed E-state index contributed by atoms with van der Waals surface area (Å²) < 4.78 is 17.3. The fraction of sp³-hybridized carbons (Fsp3) is 0.611. The third kappa shape index (κ3) is 5.33. The van der Waals surface area contributed by atoms with Crippen molar-refractivity contribution in [2.75, 3.05) is 13.2 Å². The van der Waals surface area contributed by atoms with E-state index < -0.39 is 12.7 Å². The van der Waals surface area contributed by atoms with Gasteiger partial charge < -0.3 is 19.8 Å². The molecule has 1 fully saturated rings. The first-order valence-corrected chi connectivity index (χ1v) is 8.57. The molecule has 2 N–H and O–H groups in total. The smallest absolute Gasteiger partial charge is 0.460 e. The second-order valence-electron chi connectivity index (χ2n) is 7.23. The molecule has 1 atom stereocenters. The summed E-state index contributed by atoms with van der Waals surface area (Å²) in [6.45, 7) is 8.78. The van der Waals surface area contributed by atoms with Crippen LogP contribution in [0.1, 0.15) is 44.7 Å². The highest BCUT2D eigenvalue weighted by Crippen LogP contribution is 2.18. The molecule has 24 heavy (non-hydrogen) atoms. The topological polar surface area (TPSA) is 70.8 Å². The third-order valence-corrected chi connectivity index (χ3v) is 3.90. The highest BCUT2D eigenvalue weighted by atomic mass is 16.6. The average Bonchev–Trinajstić information content (AvgIpc) is 2.46. The average molecular weight is 333 g/mol. The van der Waals surface area contributed by atoms with E-state index in [1.54, 1.807) is 0 Å². The van der Waals surface area contributed by atoms with E-state index in [9.17, 15) is 4.79 Å². The molecule has 0 bridgehead atoms. The van der Waals surface area contributed by atoms with Crippen molar-refractivity contribution >= 4 is 18.6 Å². The Labute approximate surface area is 145 Å². The van der Waals surface area contributed by atoms with Crippen molar-refractivity contribution in [1.29, 1.82) is 0 Å². The molecule has 2 rings (SSSR count). The van der Waals surface area contributed by atoms with E-state index in [0.717, 1.165) is 23.0 Å². The molecule has 1 aliphatic rings. The molecule has 1 aromatic carbocycles. The minimum atomic E-state index is -0.480. The van der Waals surface area contributed by atoms with Gasteiger partial charge in [0.05, 0.1) is 12.5 Å². The summed E-state index contributed by atoms with van der Waals surface area (Å²) in [5, 5.41) is 0. The number of benzene rings is 1. The lowest BCUT2D eigenvalue weighted by Crippen LogP contribution is -2.48. The molecule has 0 spiro atoms. The molecule has 1 aromatic rings. The van der Waals surface area contributed by atoms with Crippen molar-refractivity contribution in [3.63, 3.8) is 0 Å². The Bertz CT molecular complexity index is 571. The number of nitrogens with two attached hydrogens (primary N) is 1. The third-order valence-electron chi connectivity index (χ3n) is 3.90. The predicted molar refractivity (Wildman–Crippen MR) is 95.2 cm³/mol. The number of hydrogen-bond donors (Lipinski definition) is 1. The van der Waals surface area contributed by atoms with Crippen LogP contribution in [0.15, 0.2) is 18.2 Å². The quantitative estimate of drug-likeness (QED) is 0.656. The molecule has 1 unspecified atom stereocenters. The minimum absolute atomic E-state index is 0.191. The minimum Gasteiger partial charge on any atom is -0.460 e. The van der Waals surface area contributed by atoms with E-state index >= 15 is 0 Å². The Morgan fingerprint density at radius 2 is 2.17 bits per heavy atom. The zero-order valence-electron chi connectivity index (χ0n) is 15.1. The van der Waals surface area contributed by atoms with Crippen LogP contribution in [-0.2, 0) is 25.3 Å². The van der Waals surface area contributed by atoms with Gasteiger partial charge in [-0.05, 0) is 58.1 Å². The highest BCUT2D eigenvalue weighted by molar-refractivity contribution is 6.62. The second-order valence-corrected chi connectivity index (χ2v) is 7.23. The standard InChI is InChI=1S/C18H28BNO4/c1-13-6-5-7-14(8-10-20)17(13)19-22-11-9-15(24-19)12-16(21)23-18(2,3)4/h5-7,15H,8-12,20H2,1-4H3. The van der Waals surface area contributed by atoms with Gasteiger partial charge in [0.25, 0.3) is 0 Å². The number of rotatable bonds is 5. The van der Waals surface area contributed by atoms with Gasteiger partial charge in [0.1, 0.15) is 5.60 Å². The molecule has 0 aromatic heterocycles. The van der Waals surface area contributed by atoms with E-state index in [1.165, 1.54) is 0 Å². The van der Waals surface area contributed by atoms with Crippen LogP contribution in [0.5, 0.6) is 0 Å². The van der Waals surface area contributed by atoms with Crippen molar-refractivity contribution in [2.45, 2.75) is 58.7 Å². The van der Waals surface area contributed by atoms with Gasteiger partial charge in [-0.2, -0.15) is 0 Å². The first-order valence-electron chi connectivity index (χ1n) is 8.57. The van der Waals surface area contributed by atoms with Crippen molar-refractivity contribution in [3.8, 4) is 0 Å². The molecular weight excluding hydrogens is 305 g/mol. The number of aryl methyl sites for hydroxylation is 1. The van der Waals surface area contributed by atoms with Crippen molar-refractivity contribution in [1.82, 2.24) is 0 Å². The number of carbonyl (C=O) groups is 1. The predicted octanol–water partition coefficient (Wildman–Crippen LogP) is 1.73. The summed E-state index contributed by atoms with van der Waals surface area (Å²) in [5.74, 6) is -0.236. The van der Waals surface area contributed by atoms with Gasteiger partial charge in [-0.25, -0.2) is 0 Å². The Morgan fingerprint density at radius 1 is 1.42 bits per heavy atom. The van der Waals surface area contributed by atoms with Crippen LogP contribution in [0.25, 0.3) is 0 Å². The Hall–Kier alpha value is -1.37. The van der Waals surface area contributed by atoms with Gasteiger partial charge in [-0.15, -0.1) is 0 Å².